The molecule has 26 valence electrons. The Hall–Kier alpha value is 0.279. The Balaban J connectivity index is 2.61. The molecule has 0 spiro atoms. The maximum atomic E-state index is 2.18. The summed E-state index contributed by atoms with van der Waals surface area (Å²) in [6.07, 6.45) is 7.69. The normalized spacial score (nSPS) is 18.7. The van der Waals surface area contributed by atoms with Crippen molar-refractivity contribution in [2.24, 2.45) is 0 Å². The molecule has 0 aromatic carbocycles. The van der Waals surface area contributed by atoms with Crippen molar-refractivity contribution >= 4 is 22.5 Å². The van der Waals surface area contributed by atoms with Gasteiger partial charge in [-0.1, -0.05) is 0 Å². The molecule has 0 N–H and O–H groups in total. The molecule has 0 aromatic heterocycles. The molecule has 0 aromatic rings. The molecule has 1 aliphatic rings. The van der Waals surface area contributed by atoms with Crippen molar-refractivity contribution in [2.75, 3.05) is 0 Å². The van der Waals surface area contributed by atoms with Crippen LogP contribution in [0, 0.1) is 0 Å². The summed E-state index contributed by atoms with van der Waals surface area (Å²) in [5, 5.41) is 0. The Morgan fingerprint density at radius 2 is 2.50 bits per heavy atom. The van der Waals surface area contributed by atoms with Crippen molar-refractivity contribution in [3.63, 3.8) is 0 Å². The average molecular weight is 184 g/mol. The van der Waals surface area contributed by atoms with Gasteiger partial charge in [-0.3, -0.25) is 0 Å². The van der Waals surface area contributed by atoms with E-state index < -0.39 is 0 Å². The molecule has 0 amide bonds. The minimum atomic E-state index is 1.21. The summed E-state index contributed by atoms with van der Waals surface area (Å²) < 4.78 is 1.56. The van der Waals surface area contributed by atoms with Gasteiger partial charge in [0.1, 0.15) is 0 Å². The van der Waals surface area contributed by atoms with Crippen LogP contribution in [0.25, 0.3) is 0 Å². The van der Waals surface area contributed by atoms with Crippen LogP contribution in [0.4, 0.5) is 0 Å². The van der Waals surface area contributed by atoms with Crippen LogP contribution in [0.3, 0.4) is 0 Å². The molecule has 0 fully saturated rings. The Morgan fingerprint density at radius 1 is 1.67 bits per heavy atom. The summed E-state index contributed by atoms with van der Waals surface area (Å²) in [5.41, 5.74) is 0. The molecule has 1 heteroatoms. The topological polar surface area (TPSA) is 0 Å². The Kier molecular flexibility index (Phi) is 1.35. The van der Waals surface area contributed by atoms with E-state index in [1.165, 1.54) is 6.42 Å². The first kappa shape index (κ1) is 4.44. The van der Waals surface area contributed by atoms with Gasteiger partial charge in [-0.2, -0.15) is 0 Å². The van der Waals surface area contributed by atoms with Gasteiger partial charge in [-0.15, -0.1) is 0 Å². The van der Waals surface area contributed by atoms with Crippen LogP contribution in [0.15, 0.2) is 21.8 Å². The molecule has 0 atom stereocenters. The van der Waals surface area contributed by atoms with Crippen molar-refractivity contribution in [1.82, 2.24) is 0 Å². The third-order valence-electron chi connectivity index (χ3n) is 0.771. The predicted octanol–water partition coefficient (Wildman–Crippen LogP) is 0.999. The molecular formula is C5H5Sn+3. The number of rotatable bonds is 0. The van der Waals surface area contributed by atoms with Gasteiger partial charge in [0, 0.05) is 0 Å². The molecule has 6 heavy (non-hydrogen) atoms. The molecule has 0 bridgehead atoms. The molecule has 0 aliphatic heterocycles. The summed E-state index contributed by atoms with van der Waals surface area (Å²) in [4.78, 5) is 0. The minimum absolute atomic E-state index is 1.21. The molecule has 0 nitrogen and oxygen atoms in total. The van der Waals surface area contributed by atoms with Crippen molar-refractivity contribution in [3.8, 4) is 0 Å². The van der Waals surface area contributed by atoms with Gasteiger partial charge in [0.25, 0.3) is 0 Å². The molecule has 1 aliphatic carbocycles. The molecule has 0 radical (unpaired) electrons. The summed E-state index contributed by atoms with van der Waals surface area (Å²) in [7, 11) is 0. The van der Waals surface area contributed by atoms with E-state index in [1.807, 2.05) is 0 Å². The molecule has 0 saturated heterocycles. The molecular weight excluding hydrogens is 179 g/mol. The zero-order valence-corrected chi connectivity index (χ0v) is 6.29. The second kappa shape index (κ2) is 1.82. The first-order valence-corrected chi connectivity index (χ1v) is 3.39. The number of allylic oxidation sites excluding steroid dienone is 4. The van der Waals surface area contributed by atoms with Gasteiger partial charge in [0.2, 0.25) is 0 Å². The maximum absolute atomic E-state index is 2.18. The quantitative estimate of drug-likeness (QED) is 0.492. The van der Waals surface area contributed by atoms with Gasteiger partial charge in [-0.05, 0) is 0 Å². The summed E-state index contributed by atoms with van der Waals surface area (Å²) in [5.74, 6) is 0. The monoisotopic (exact) mass is 185 g/mol. The summed E-state index contributed by atoms with van der Waals surface area (Å²) in [6.45, 7) is 0. The second-order valence-electron chi connectivity index (χ2n) is 1.32. The first-order chi connectivity index (χ1) is 2.89. The zero-order chi connectivity index (χ0) is 4.41. The van der Waals surface area contributed by atoms with Crippen LogP contribution in [0.5, 0.6) is 0 Å². The summed E-state index contributed by atoms with van der Waals surface area (Å²) in [6, 6.07) is 0. The second-order valence-corrected chi connectivity index (χ2v) is 3.16. The van der Waals surface area contributed by atoms with Crippen LogP contribution >= 0.6 is 0 Å². The van der Waals surface area contributed by atoms with E-state index in [2.05, 4.69) is 18.2 Å². The van der Waals surface area contributed by atoms with E-state index >= 15 is 0 Å². The van der Waals surface area contributed by atoms with Crippen LogP contribution in [0.2, 0.25) is 0 Å². The van der Waals surface area contributed by atoms with E-state index in [0.29, 0.717) is 0 Å². The third kappa shape index (κ3) is 0.868. The molecule has 0 saturated carbocycles. The van der Waals surface area contributed by atoms with Crippen molar-refractivity contribution < 1.29 is 0 Å². The molecule has 0 unspecified atom stereocenters. The van der Waals surface area contributed by atoms with Gasteiger partial charge < -0.3 is 0 Å². The van der Waals surface area contributed by atoms with E-state index in [1.54, 1.807) is 26.1 Å². The SMILES string of the molecule is [Sn+3][C]1=CC=CC1. The van der Waals surface area contributed by atoms with Crippen molar-refractivity contribution in [3.05, 3.63) is 21.8 Å². The first-order valence-electron chi connectivity index (χ1n) is 1.97. The molecule has 0 heterocycles. The third-order valence-corrected chi connectivity index (χ3v) is 1.83. The Labute approximate surface area is 51.0 Å². The van der Waals surface area contributed by atoms with Gasteiger partial charge in [0.15, 0.2) is 0 Å². The van der Waals surface area contributed by atoms with E-state index in [9.17, 15) is 0 Å². The van der Waals surface area contributed by atoms with Crippen LogP contribution < -0.4 is 0 Å². The number of hydrogen-bond donors (Lipinski definition) is 0. The van der Waals surface area contributed by atoms with Gasteiger partial charge in [0.05, 0.1) is 0 Å². The fourth-order valence-corrected chi connectivity index (χ4v) is 1.06. The fourth-order valence-electron chi connectivity index (χ4n) is 0.447. The predicted molar refractivity (Wildman–Crippen MR) is 27.6 cm³/mol. The van der Waals surface area contributed by atoms with Crippen LogP contribution in [-0.4, -0.2) is 22.5 Å². The summed E-state index contributed by atoms with van der Waals surface area (Å²) >= 11 is 1.56. The number of hydrogen-bond acceptors (Lipinski definition) is 0. The Morgan fingerprint density at radius 3 is 2.67 bits per heavy atom. The van der Waals surface area contributed by atoms with Gasteiger partial charge >= 0.3 is 50.8 Å². The van der Waals surface area contributed by atoms with E-state index in [0.717, 1.165) is 0 Å². The zero-order valence-electron chi connectivity index (χ0n) is 3.44. The average Bonchev–Trinajstić information content (AvgIpc) is 1.86. The van der Waals surface area contributed by atoms with Crippen LogP contribution in [0.1, 0.15) is 6.42 Å². The fraction of sp³-hybridized carbons (Fsp3) is 0.200. The van der Waals surface area contributed by atoms with Crippen LogP contribution in [-0.2, 0) is 0 Å². The van der Waals surface area contributed by atoms with Crippen molar-refractivity contribution in [2.45, 2.75) is 6.42 Å². The standard InChI is InChI=1S/C5H5.Sn/c1-2-4-5-3-1;/h1-3H,4H2;/q;+3. The Bertz CT molecular complexity index is 101. The van der Waals surface area contributed by atoms with E-state index in [4.69, 9.17) is 0 Å². The van der Waals surface area contributed by atoms with Crippen molar-refractivity contribution in [1.29, 1.82) is 0 Å². The van der Waals surface area contributed by atoms with E-state index in [-0.39, 0.29) is 0 Å². The molecule has 1 rings (SSSR count). The van der Waals surface area contributed by atoms with Gasteiger partial charge in [-0.25, -0.2) is 0 Å².